The van der Waals surface area contributed by atoms with Crippen LogP contribution >= 0.6 is 23.4 Å². The van der Waals surface area contributed by atoms with Gasteiger partial charge in [-0.05, 0) is 43.3 Å². The molecule has 1 atom stereocenters. The molecule has 0 saturated carbocycles. The molecule has 2 aromatic heterocycles. The molecule has 0 aliphatic heterocycles. The zero-order chi connectivity index (χ0) is 19.2. The third kappa shape index (κ3) is 5.27. The van der Waals surface area contributed by atoms with Crippen LogP contribution in [0.1, 0.15) is 18.5 Å². The number of carbonyl (C=O) groups is 1. The van der Waals surface area contributed by atoms with Gasteiger partial charge in [0.2, 0.25) is 5.91 Å². The summed E-state index contributed by atoms with van der Waals surface area (Å²) in [5.74, 6) is 1.97. The van der Waals surface area contributed by atoms with Crippen molar-refractivity contribution < 1.29 is 13.9 Å². The van der Waals surface area contributed by atoms with Gasteiger partial charge in [0.1, 0.15) is 18.1 Å². The van der Waals surface area contributed by atoms with Gasteiger partial charge in [0.15, 0.2) is 11.0 Å². The van der Waals surface area contributed by atoms with Crippen molar-refractivity contribution >= 4 is 29.3 Å². The zero-order valence-electron chi connectivity index (χ0n) is 14.9. The number of nitrogens with one attached hydrogen (secondary N) is 1. The van der Waals surface area contributed by atoms with E-state index in [1.165, 1.54) is 11.8 Å². The Hall–Kier alpha value is -2.45. The first kappa shape index (κ1) is 19.3. The first-order valence-corrected chi connectivity index (χ1v) is 9.52. The van der Waals surface area contributed by atoms with Crippen LogP contribution in [0.3, 0.4) is 0 Å². The van der Waals surface area contributed by atoms with Crippen LogP contribution in [0.5, 0.6) is 5.75 Å². The Morgan fingerprint density at radius 2 is 2.11 bits per heavy atom. The van der Waals surface area contributed by atoms with Crippen LogP contribution in [-0.4, -0.2) is 25.9 Å². The number of benzene rings is 1. The number of aromatic nitrogens is 3. The van der Waals surface area contributed by atoms with E-state index in [0.717, 1.165) is 0 Å². The molecule has 142 valence electrons. The van der Waals surface area contributed by atoms with Crippen molar-refractivity contribution in [1.82, 2.24) is 20.1 Å². The van der Waals surface area contributed by atoms with E-state index in [0.29, 0.717) is 34.1 Å². The number of carbonyl (C=O) groups excluding carboxylic acids is 1. The minimum atomic E-state index is -0.326. The summed E-state index contributed by atoms with van der Waals surface area (Å²) < 4.78 is 12.7. The normalized spacial score (nSPS) is 12.0. The summed E-state index contributed by atoms with van der Waals surface area (Å²) in [7, 11) is 1.84. The summed E-state index contributed by atoms with van der Waals surface area (Å²) in [4.78, 5) is 12.2. The van der Waals surface area contributed by atoms with E-state index in [1.54, 1.807) is 36.6 Å². The fourth-order valence-corrected chi connectivity index (χ4v) is 3.18. The van der Waals surface area contributed by atoms with Crippen LogP contribution in [0.4, 0.5) is 0 Å². The van der Waals surface area contributed by atoms with Gasteiger partial charge in [-0.15, -0.1) is 10.2 Å². The maximum absolute atomic E-state index is 12.2. The van der Waals surface area contributed by atoms with Crippen LogP contribution in [0.2, 0.25) is 5.02 Å². The lowest BCUT2D eigenvalue weighted by atomic mass is 10.3. The highest BCUT2D eigenvalue weighted by Gasteiger charge is 2.19. The fraction of sp³-hybridized carbons (Fsp3) is 0.278. The Bertz CT molecular complexity index is 881. The van der Waals surface area contributed by atoms with Crippen LogP contribution in [0.15, 0.2) is 52.2 Å². The van der Waals surface area contributed by atoms with Crippen molar-refractivity contribution in [2.75, 3.05) is 0 Å². The summed E-state index contributed by atoms with van der Waals surface area (Å²) >= 11 is 7.19. The Kier molecular flexibility index (Phi) is 6.41. The molecule has 0 aliphatic rings. The highest BCUT2D eigenvalue weighted by molar-refractivity contribution is 8.00. The standard InChI is InChI=1S/C18H19ClN4O3S/c1-12(17(24)20-10-15-4-3-9-25-15)27-18-22-21-16(23(18)2)11-26-14-7-5-13(19)6-8-14/h3-9,12H,10-11H2,1-2H3,(H,20,24)/t12-/m1/s1. The molecule has 1 aromatic carbocycles. The number of furan rings is 1. The SMILES string of the molecule is C[C@@H](Sc1nnc(COc2ccc(Cl)cc2)n1C)C(=O)NCc1ccco1. The molecular formula is C18H19ClN4O3S. The van der Waals surface area contributed by atoms with Gasteiger partial charge in [0.25, 0.3) is 0 Å². The average molecular weight is 407 g/mol. The van der Waals surface area contributed by atoms with Crippen LogP contribution in [0.25, 0.3) is 0 Å². The molecule has 0 unspecified atom stereocenters. The van der Waals surface area contributed by atoms with Gasteiger partial charge in [-0.3, -0.25) is 4.79 Å². The molecule has 27 heavy (non-hydrogen) atoms. The molecule has 1 amide bonds. The second kappa shape index (κ2) is 8.96. The molecule has 0 aliphatic carbocycles. The smallest absolute Gasteiger partial charge is 0.233 e. The molecule has 7 nitrogen and oxygen atoms in total. The maximum atomic E-state index is 12.2. The van der Waals surface area contributed by atoms with Gasteiger partial charge in [-0.1, -0.05) is 23.4 Å². The predicted octanol–water partition coefficient (Wildman–Crippen LogP) is 3.44. The summed E-state index contributed by atoms with van der Waals surface area (Å²) in [6.45, 7) is 2.45. The molecule has 9 heteroatoms. The molecule has 0 fully saturated rings. The van der Waals surface area contributed by atoms with E-state index >= 15 is 0 Å². The van der Waals surface area contributed by atoms with E-state index in [1.807, 2.05) is 24.6 Å². The third-order valence-corrected chi connectivity index (χ3v) is 5.16. The van der Waals surface area contributed by atoms with Crippen molar-refractivity contribution in [2.45, 2.75) is 30.5 Å². The first-order valence-electron chi connectivity index (χ1n) is 8.26. The number of hydrogen-bond donors (Lipinski definition) is 1. The lowest BCUT2D eigenvalue weighted by molar-refractivity contribution is -0.120. The van der Waals surface area contributed by atoms with Gasteiger partial charge < -0.3 is 19.0 Å². The van der Waals surface area contributed by atoms with Crippen molar-refractivity contribution in [3.8, 4) is 5.75 Å². The van der Waals surface area contributed by atoms with Crippen molar-refractivity contribution in [3.05, 3.63) is 59.3 Å². The number of ether oxygens (including phenoxy) is 1. The van der Waals surface area contributed by atoms with E-state index < -0.39 is 0 Å². The lowest BCUT2D eigenvalue weighted by Gasteiger charge is -2.11. The van der Waals surface area contributed by atoms with Gasteiger partial charge in [0, 0.05) is 12.1 Å². The number of hydrogen-bond acceptors (Lipinski definition) is 6. The molecule has 0 bridgehead atoms. The summed E-state index contributed by atoms with van der Waals surface area (Å²) in [6.07, 6.45) is 1.58. The number of amides is 1. The molecule has 2 heterocycles. The molecule has 3 rings (SSSR count). The number of rotatable bonds is 8. The lowest BCUT2D eigenvalue weighted by Crippen LogP contribution is -2.30. The Morgan fingerprint density at radius 3 is 2.81 bits per heavy atom. The quantitative estimate of drug-likeness (QED) is 0.577. The second-order valence-corrected chi connectivity index (χ2v) is 7.50. The predicted molar refractivity (Wildman–Crippen MR) is 103 cm³/mol. The first-order chi connectivity index (χ1) is 13.0. The van der Waals surface area contributed by atoms with Crippen molar-refractivity contribution in [3.63, 3.8) is 0 Å². The molecule has 0 radical (unpaired) electrons. The fourth-order valence-electron chi connectivity index (χ4n) is 2.19. The van der Waals surface area contributed by atoms with Crippen LogP contribution < -0.4 is 10.1 Å². The minimum absolute atomic E-state index is 0.0987. The van der Waals surface area contributed by atoms with E-state index in [4.69, 9.17) is 20.8 Å². The number of thioether (sulfide) groups is 1. The summed E-state index contributed by atoms with van der Waals surface area (Å²) in [5, 5.41) is 12.1. The van der Waals surface area contributed by atoms with Gasteiger partial charge in [-0.25, -0.2) is 0 Å². The van der Waals surface area contributed by atoms with Gasteiger partial charge in [-0.2, -0.15) is 0 Å². The van der Waals surface area contributed by atoms with Crippen molar-refractivity contribution in [2.24, 2.45) is 7.05 Å². The molecular weight excluding hydrogens is 388 g/mol. The Morgan fingerprint density at radius 1 is 1.33 bits per heavy atom. The van der Waals surface area contributed by atoms with Crippen LogP contribution in [0, 0.1) is 0 Å². The number of halogens is 1. The molecule has 3 aromatic rings. The number of nitrogens with zero attached hydrogens (tertiary/aromatic N) is 3. The zero-order valence-corrected chi connectivity index (χ0v) is 16.5. The topological polar surface area (TPSA) is 82.2 Å². The largest absolute Gasteiger partial charge is 0.486 e. The highest BCUT2D eigenvalue weighted by Crippen LogP contribution is 2.22. The monoisotopic (exact) mass is 406 g/mol. The Labute approximate surface area is 166 Å². The van der Waals surface area contributed by atoms with Crippen molar-refractivity contribution in [1.29, 1.82) is 0 Å². The third-order valence-electron chi connectivity index (χ3n) is 3.78. The van der Waals surface area contributed by atoms with E-state index in [-0.39, 0.29) is 17.8 Å². The highest BCUT2D eigenvalue weighted by atomic mass is 35.5. The summed E-state index contributed by atoms with van der Waals surface area (Å²) in [6, 6.07) is 10.7. The average Bonchev–Trinajstić information content (AvgIpc) is 3.30. The molecule has 1 N–H and O–H groups in total. The maximum Gasteiger partial charge on any atom is 0.233 e. The minimum Gasteiger partial charge on any atom is -0.486 e. The van der Waals surface area contributed by atoms with E-state index in [9.17, 15) is 4.79 Å². The van der Waals surface area contributed by atoms with Gasteiger partial charge in [0.05, 0.1) is 18.1 Å². The van der Waals surface area contributed by atoms with Gasteiger partial charge >= 0.3 is 0 Å². The molecule has 0 spiro atoms. The molecule has 0 saturated heterocycles. The van der Waals surface area contributed by atoms with Crippen LogP contribution in [-0.2, 0) is 25.0 Å². The van der Waals surface area contributed by atoms with E-state index in [2.05, 4.69) is 15.5 Å². The Balaban J connectivity index is 1.52. The summed E-state index contributed by atoms with van der Waals surface area (Å²) in [5.41, 5.74) is 0. The second-order valence-electron chi connectivity index (χ2n) is 5.76.